The number of aliphatic hydroxyl groups excluding tert-OH is 1. The number of carbonyl (C=O) groups excluding carboxylic acids is 1. The minimum absolute atomic E-state index is 0. The van der Waals surface area contributed by atoms with Crippen LogP contribution >= 0.6 is 15.9 Å². The van der Waals surface area contributed by atoms with Gasteiger partial charge in [0.15, 0.2) is 17.3 Å². The van der Waals surface area contributed by atoms with Crippen molar-refractivity contribution >= 4 is 32.9 Å². The first-order valence-electron chi connectivity index (χ1n) is 8.22. The van der Waals surface area contributed by atoms with Crippen LogP contribution in [-0.2, 0) is 4.74 Å². The zero-order valence-corrected chi connectivity index (χ0v) is 18.9. The summed E-state index contributed by atoms with van der Waals surface area (Å²) in [6.45, 7) is 2.21. The predicted octanol–water partition coefficient (Wildman–Crippen LogP) is -1.13. The number of benzene rings is 1. The maximum atomic E-state index is 12.5. The van der Waals surface area contributed by atoms with Crippen LogP contribution in [0.4, 0.5) is 0 Å². The van der Waals surface area contributed by atoms with Gasteiger partial charge < -0.3 is 28.9 Å². The van der Waals surface area contributed by atoms with E-state index >= 15 is 0 Å². The molecule has 0 saturated heterocycles. The minimum atomic E-state index is -1.59. The fourth-order valence-corrected chi connectivity index (χ4v) is 3.16. The fraction of sp³-hybridized carbons (Fsp3) is 0.263. The van der Waals surface area contributed by atoms with Crippen molar-refractivity contribution in [2.75, 3.05) is 6.61 Å². The first kappa shape index (κ1) is 22.9. The number of aliphatic hydroxyl groups is 1. The van der Waals surface area contributed by atoms with Crippen molar-refractivity contribution in [1.82, 2.24) is 0 Å². The van der Waals surface area contributed by atoms with Gasteiger partial charge in [-0.1, -0.05) is 35.0 Å². The van der Waals surface area contributed by atoms with Crippen LogP contribution in [-0.4, -0.2) is 29.6 Å². The molecular formula is C19H16BrNaO7. The molecule has 0 aliphatic heterocycles. The fourth-order valence-electron chi connectivity index (χ4n) is 2.69. The summed E-state index contributed by atoms with van der Waals surface area (Å²) in [6, 6.07) is 5.32. The summed E-state index contributed by atoms with van der Waals surface area (Å²) in [5, 5.41) is 21.7. The second-order valence-electron chi connectivity index (χ2n) is 5.88. The van der Waals surface area contributed by atoms with Crippen molar-refractivity contribution in [3.05, 3.63) is 63.0 Å². The van der Waals surface area contributed by atoms with Crippen molar-refractivity contribution < 1.29 is 58.5 Å². The van der Waals surface area contributed by atoms with Gasteiger partial charge in [0.2, 0.25) is 0 Å². The Morgan fingerprint density at radius 3 is 2.86 bits per heavy atom. The van der Waals surface area contributed by atoms with E-state index in [1.54, 1.807) is 18.2 Å². The Bertz CT molecular complexity index is 997. The number of halogens is 1. The van der Waals surface area contributed by atoms with Gasteiger partial charge in [-0.3, -0.25) is 4.79 Å². The van der Waals surface area contributed by atoms with Crippen LogP contribution in [0.1, 0.15) is 23.9 Å². The Hall–Kier alpha value is -1.42. The van der Waals surface area contributed by atoms with Crippen LogP contribution in [0.2, 0.25) is 0 Å². The molecule has 0 spiro atoms. The quantitative estimate of drug-likeness (QED) is 0.430. The third kappa shape index (κ3) is 4.42. The van der Waals surface area contributed by atoms with Crippen LogP contribution in [0.25, 0.3) is 11.0 Å². The molecule has 1 heterocycles. The van der Waals surface area contributed by atoms with Gasteiger partial charge in [0.05, 0.1) is 6.61 Å². The molecule has 0 radical (unpaired) electrons. The molecule has 0 amide bonds. The molecule has 1 aliphatic rings. The van der Waals surface area contributed by atoms with Crippen molar-refractivity contribution in [2.24, 2.45) is 0 Å². The van der Waals surface area contributed by atoms with Gasteiger partial charge in [-0.25, -0.2) is 0 Å². The Kier molecular flexibility index (Phi) is 7.66. The average Bonchev–Trinajstić information content (AvgIpc) is 2.64. The van der Waals surface area contributed by atoms with Gasteiger partial charge in [-0.15, -0.1) is 0 Å². The number of hydrogen-bond acceptors (Lipinski definition) is 7. The normalized spacial score (nSPS) is 21.1. The molecule has 7 nitrogen and oxygen atoms in total. The summed E-state index contributed by atoms with van der Waals surface area (Å²) in [5.74, 6) is -3.64. The molecule has 0 bridgehead atoms. The first-order valence-corrected chi connectivity index (χ1v) is 9.01. The van der Waals surface area contributed by atoms with E-state index in [0.717, 1.165) is 6.07 Å². The minimum Gasteiger partial charge on any atom is -0.542 e. The van der Waals surface area contributed by atoms with E-state index in [1.165, 1.54) is 18.2 Å². The zero-order chi connectivity index (χ0) is 19.6. The standard InChI is InChI=1S/C19H17BrO7.Na/c1-2-9-25-19(8-4-5-11(20)17(19)22)27-14-7-3-6-13-16(14)12(21)10-15(26-13)18(23)24;/h3-8,10,17,22H,2,9H2,1H3,(H,23,24);/q;+1/p-1. The Morgan fingerprint density at radius 1 is 1.43 bits per heavy atom. The van der Waals surface area contributed by atoms with Crippen molar-refractivity contribution in [3.63, 3.8) is 0 Å². The van der Waals surface area contributed by atoms with E-state index < -0.39 is 29.0 Å². The topological polar surface area (TPSA) is 109 Å². The molecule has 3 rings (SSSR count). The number of carboxylic acid groups (broad SMARTS) is 1. The van der Waals surface area contributed by atoms with Gasteiger partial charge >= 0.3 is 29.6 Å². The summed E-state index contributed by atoms with van der Waals surface area (Å²) in [4.78, 5) is 23.5. The number of carboxylic acids is 1. The molecular weight excluding hydrogens is 443 g/mol. The smallest absolute Gasteiger partial charge is 0.542 e. The molecule has 1 N–H and O–H groups in total. The molecule has 1 aliphatic carbocycles. The largest absolute Gasteiger partial charge is 1.00 e. The number of aromatic carboxylic acids is 1. The number of fused-ring (bicyclic) bond motifs is 1. The van der Waals surface area contributed by atoms with Crippen molar-refractivity contribution in [1.29, 1.82) is 0 Å². The van der Waals surface area contributed by atoms with E-state index in [-0.39, 0.29) is 46.3 Å². The van der Waals surface area contributed by atoms with Gasteiger partial charge in [0.1, 0.15) is 22.7 Å². The molecule has 9 heteroatoms. The molecule has 1 aromatic heterocycles. The van der Waals surface area contributed by atoms with E-state index in [4.69, 9.17) is 13.9 Å². The second-order valence-corrected chi connectivity index (χ2v) is 6.79. The molecule has 142 valence electrons. The summed E-state index contributed by atoms with van der Waals surface area (Å²) in [7, 11) is 0. The molecule has 1 aromatic carbocycles. The van der Waals surface area contributed by atoms with E-state index in [0.29, 0.717) is 17.5 Å². The molecule has 2 unspecified atom stereocenters. The van der Waals surface area contributed by atoms with Crippen molar-refractivity contribution in [3.8, 4) is 5.75 Å². The third-order valence-electron chi connectivity index (χ3n) is 3.95. The zero-order valence-electron chi connectivity index (χ0n) is 15.3. The van der Waals surface area contributed by atoms with Gasteiger partial charge in [0, 0.05) is 10.5 Å². The Balaban J connectivity index is 0.00000280. The van der Waals surface area contributed by atoms with Crippen LogP contribution in [0.5, 0.6) is 5.75 Å². The summed E-state index contributed by atoms with van der Waals surface area (Å²) in [6.07, 6.45) is 4.38. The van der Waals surface area contributed by atoms with Gasteiger partial charge in [0.25, 0.3) is 5.79 Å². The van der Waals surface area contributed by atoms with Crippen molar-refractivity contribution in [2.45, 2.75) is 25.2 Å². The maximum absolute atomic E-state index is 12.5. The Labute approximate surface area is 191 Å². The molecule has 0 fully saturated rings. The predicted molar refractivity (Wildman–Crippen MR) is 98.6 cm³/mol. The Morgan fingerprint density at radius 2 is 2.18 bits per heavy atom. The summed E-state index contributed by atoms with van der Waals surface area (Å²) >= 11 is 3.27. The molecule has 2 aromatic rings. The monoisotopic (exact) mass is 458 g/mol. The van der Waals surface area contributed by atoms with E-state index in [2.05, 4.69) is 15.9 Å². The third-order valence-corrected chi connectivity index (χ3v) is 4.64. The van der Waals surface area contributed by atoms with Crippen LogP contribution < -0.4 is 44.8 Å². The number of rotatable bonds is 6. The number of carbonyl (C=O) groups is 1. The van der Waals surface area contributed by atoms with Gasteiger partial charge in [-0.2, -0.15) is 0 Å². The summed E-state index contributed by atoms with van der Waals surface area (Å²) in [5.41, 5.74) is -0.589. The first-order chi connectivity index (χ1) is 12.9. The molecule has 2 atom stereocenters. The van der Waals surface area contributed by atoms with E-state index in [9.17, 15) is 19.8 Å². The van der Waals surface area contributed by atoms with Crippen LogP contribution in [0.3, 0.4) is 0 Å². The number of allylic oxidation sites excluding steroid dienone is 2. The molecule has 28 heavy (non-hydrogen) atoms. The average molecular weight is 459 g/mol. The SMILES string of the molecule is CCCOC1(Oc2cccc3oc(C(=O)[O-])cc(=O)c23)C=CC=C(Br)C1O.[Na+]. The number of ether oxygens (including phenoxy) is 2. The number of hydrogen-bond donors (Lipinski definition) is 1. The maximum Gasteiger partial charge on any atom is 1.00 e. The van der Waals surface area contributed by atoms with E-state index in [1.807, 2.05) is 6.92 Å². The van der Waals surface area contributed by atoms with Crippen LogP contribution in [0.15, 0.2) is 56.2 Å². The summed E-state index contributed by atoms with van der Waals surface area (Å²) < 4.78 is 17.4. The van der Waals surface area contributed by atoms with Crippen LogP contribution in [0, 0.1) is 0 Å². The van der Waals surface area contributed by atoms with Gasteiger partial charge in [-0.05, 0) is 30.7 Å². The second kappa shape index (κ2) is 9.39. The molecule has 0 saturated carbocycles.